The van der Waals surface area contributed by atoms with Crippen molar-refractivity contribution in [2.45, 2.75) is 32.7 Å². The Labute approximate surface area is 197 Å². The fourth-order valence-corrected chi connectivity index (χ4v) is 4.80. The summed E-state index contributed by atoms with van der Waals surface area (Å²) < 4.78 is 31.5. The molecule has 1 fully saturated rings. The van der Waals surface area contributed by atoms with Crippen LogP contribution in [0.15, 0.2) is 49.2 Å². The van der Waals surface area contributed by atoms with Gasteiger partial charge < -0.3 is 14.4 Å². The van der Waals surface area contributed by atoms with Crippen molar-refractivity contribution in [1.29, 1.82) is 0 Å². The van der Waals surface area contributed by atoms with Gasteiger partial charge in [-0.25, -0.2) is 23.7 Å². The second kappa shape index (κ2) is 9.10. The van der Waals surface area contributed by atoms with Crippen molar-refractivity contribution >= 4 is 16.9 Å². The SMILES string of the molecule is CCN1CCC(N(C)c2ccc3c(n2)c(-c2cncnc2)cn3-c2c(F)ccc(C)c2F)CC1. The first-order valence-corrected chi connectivity index (χ1v) is 11.7. The summed E-state index contributed by atoms with van der Waals surface area (Å²) in [6.07, 6.45) is 8.70. The van der Waals surface area contributed by atoms with E-state index in [0.717, 1.165) is 49.4 Å². The molecule has 0 spiro atoms. The van der Waals surface area contributed by atoms with E-state index in [4.69, 9.17) is 4.98 Å². The van der Waals surface area contributed by atoms with Gasteiger partial charge in [0.15, 0.2) is 5.82 Å². The van der Waals surface area contributed by atoms with Crippen LogP contribution in [0.1, 0.15) is 25.3 Å². The number of anilines is 1. The number of rotatable bonds is 5. The van der Waals surface area contributed by atoms with Crippen molar-refractivity contribution in [2.75, 3.05) is 31.6 Å². The van der Waals surface area contributed by atoms with E-state index in [1.807, 2.05) is 12.1 Å². The third-order valence-electron chi connectivity index (χ3n) is 6.92. The molecule has 176 valence electrons. The molecule has 0 radical (unpaired) electrons. The number of hydrogen-bond acceptors (Lipinski definition) is 5. The van der Waals surface area contributed by atoms with Crippen LogP contribution in [0.4, 0.5) is 14.6 Å². The summed E-state index contributed by atoms with van der Waals surface area (Å²) in [5.41, 5.74) is 3.02. The maximum Gasteiger partial charge on any atom is 0.153 e. The smallest absolute Gasteiger partial charge is 0.153 e. The fourth-order valence-electron chi connectivity index (χ4n) is 4.80. The highest BCUT2D eigenvalue weighted by Gasteiger charge is 2.24. The highest BCUT2D eigenvalue weighted by Crippen LogP contribution is 2.35. The van der Waals surface area contributed by atoms with Crippen molar-refractivity contribution in [1.82, 2.24) is 24.4 Å². The number of hydrogen-bond donors (Lipinski definition) is 0. The zero-order valence-electron chi connectivity index (χ0n) is 19.7. The van der Waals surface area contributed by atoms with Gasteiger partial charge in [-0.2, -0.15) is 0 Å². The van der Waals surface area contributed by atoms with Crippen molar-refractivity contribution < 1.29 is 8.78 Å². The zero-order chi connectivity index (χ0) is 23.8. The summed E-state index contributed by atoms with van der Waals surface area (Å²) in [4.78, 5) is 17.9. The molecule has 34 heavy (non-hydrogen) atoms. The normalized spacial score (nSPS) is 15.2. The molecule has 0 amide bonds. The summed E-state index contributed by atoms with van der Waals surface area (Å²) in [7, 11) is 2.07. The average molecular weight is 463 g/mol. The third kappa shape index (κ3) is 3.92. The summed E-state index contributed by atoms with van der Waals surface area (Å²) >= 11 is 0. The lowest BCUT2D eigenvalue weighted by Crippen LogP contribution is -2.43. The molecule has 0 atom stereocenters. The largest absolute Gasteiger partial charge is 0.357 e. The summed E-state index contributed by atoms with van der Waals surface area (Å²) in [5, 5.41) is 0. The molecule has 1 aliphatic rings. The Hall–Kier alpha value is -3.39. The number of nitrogens with zero attached hydrogens (tertiary/aromatic N) is 6. The Morgan fingerprint density at radius 3 is 2.50 bits per heavy atom. The van der Waals surface area contributed by atoms with E-state index in [0.29, 0.717) is 22.6 Å². The van der Waals surface area contributed by atoms with Crippen LogP contribution in [0.25, 0.3) is 27.8 Å². The first-order chi connectivity index (χ1) is 16.5. The molecular formula is C26H28F2N6. The number of benzene rings is 1. The molecule has 6 nitrogen and oxygen atoms in total. The molecule has 0 unspecified atom stereocenters. The first-order valence-electron chi connectivity index (χ1n) is 11.7. The summed E-state index contributed by atoms with van der Waals surface area (Å²) in [6.45, 7) is 7.04. The lowest BCUT2D eigenvalue weighted by Gasteiger charge is -2.36. The quantitative estimate of drug-likeness (QED) is 0.418. The molecule has 4 aromatic rings. The molecule has 0 saturated carbocycles. The second-order valence-corrected chi connectivity index (χ2v) is 8.88. The van der Waals surface area contributed by atoms with E-state index < -0.39 is 11.6 Å². The van der Waals surface area contributed by atoms with E-state index in [-0.39, 0.29) is 5.69 Å². The predicted octanol–water partition coefficient (Wildman–Crippen LogP) is 4.99. The Morgan fingerprint density at radius 1 is 1.06 bits per heavy atom. The third-order valence-corrected chi connectivity index (χ3v) is 6.92. The van der Waals surface area contributed by atoms with E-state index in [2.05, 4.69) is 33.7 Å². The van der Waals surface area contributed by atoms with Crippen molar-refractivity contribution in [2.24, 2.45) is 0 Å². The van der Waals surface area contributed by atoms with E-state index in [9.17, 15) is 4.39 Å². The first kappa shape index (κ1) is 22.4. The molecule has 1 aromatic carbocycles. The molecule has 1 aliphatic heterocycles. The van der Waals surface area contributed by atoms with Gasteiger partial charge in [-0.3, -0.25) is 0 Å². The second-order valence-electron chi connectivity index (χ2n) is 8.88. The molecule has 0 bridgehead atoms. The number of aryl methyl sites for hydroxylation is 1. The van der Waals surface area contributed by atoms with E-state index >= 15 is 4.39 Å². The van der Waals surface area contributed by atoms with Gasteiger partial charge in [-0.1, -0.05) is 13.0 Å². The number of halogens is 2. The lowest BCUT2D eigenvalue weighted by molar-refractivity contribution is 0.220. The molecule has 0 aliphatic carbocycles. The van der Waals surface area contributed by atoms with Crippen molar-refractivity contribution in [3.05, 3.63) is 66.4 Å². The fraction of sp³-hybridized carbons (Fsp3) is 0.346. The van der Waals surface area contributed by atoms with Gasteiger partial charge in [-0.05, 0) is 50.1 Å². The average Bonchev–Trinajstić information content (AvgIpc) is 3.25. The summed E-state index contributed by atoms with van der Waals surface area (Å²) in [6, 6.07) is 6.96. The van der Waals surface area contributed by atoms with Gasteiger partial charge >= 0.3 is 0 Å². The summed E-state index contributed by atoms with van der Waals surface area (Å²) in [5.74, 6) is -0.375. The monoisotopic (exact) mass is 462 g/mol. The molecule has 3 aromatic heterocycles. The Bertz CT molecular complexity index is 1310. The Balaban J connectivity index is 1.63. The Kier molecular flexibility index (Phi) is 6.00. The van der Waals surface area contributed by atoms with Gasteiger partial charge in [0.2, 0.25) is 0 Å². The number of pyridine rings is 1. The topological polar surface area (TPSA) is 50.1 Å². The van der Waals surface area contributed by atoms with Crippen LogP contribution < -0.4 is 4.90 Å². The van der Waals surface area contributed by atoms with Crippen molar-refractivity contribution in [3.63, 3.8) is 0 Å². The van der Waals surface area contributed by atoms with Crippen LogP contribution in [0.2, 0.25) is 0 Å². The zero-order valence-corrected chi connectivity index (χ0v) is 19.7. The van der Waals surface area contributed by atoms with Crippen LogP contribution in [0.3, 0.4) is 0 Å². The van der Waals surface area contributed by atoms with Crippen LogP contribution in [-0.4, -0.2) is 57.1 Å². The standard InChI is InChI=1S/C26H28F2N6/c1-4-33-11-9-19(10-12-33)32(3)23-8-7-22-25(31-23)20(18-13-29-16-30-14-18)15-34(22)26-21(27)6-5-17(2)24(26)28/h5-8,13-16,19H,4,9-12H2,1-3H3. The van der Waals surface area contributed by atoms with Crippen LogP contribution in [0.5, 0.6) is 0 Å². The van der Waals surface area contributed by atoms with Crippen LogP contribution >= 0.6 is 0 Å². The van der Waals surface area contributed by atoms with E-state index in [1.54, 1.807) is 30.1 Å². The molecule has 8 heteroatoms. The highest BCUT2D eigenvalue weighted by atomic mass is 19.1. The van der Waals surface area contributed by atoms with Crippen molar-refractivity contribution in [3.8, 4) is 16.8 Å². The Morgan fingerprint density at radius 2 is 1.79 bits per heavy atom. The maximum atomic E-state index is 15.1. The number of fused-ring (bicyclic) bond motifs is 1. The molecule has 5 rings (SSSR count). The van der Waals surface area contributed by atoms with Gasteiger partial charge in [0.25, 0.3) is 0 Å². The molecule has 4 heterocycles. The number of piperidine rings is 1. The lowest BCUT2D eigenvalue weighted by atomic mass is 10.0. The maximum absolute atomic E-state index is 15.1. The van der Waals surface area contributed by atoms with Gasteiger partial charge in [-0.15, -0.1) is 0 Å². The molecular weight excluding hydrogens is 434 g/mol. The van der Waals surface area contributed by atoms with Crippen LogP contribution in [-0.2, 0) is 0 Å². The molecule has 1 saturated heterocycles. The minimum absolute atomic E-state index is 0.108. The molecule has 0 N–H and O–H groups in total. The van der Waals surface area contributed by atoms with Crippen LogP contribution in [0, 0.1) is 18.6 Å². The minimum atomic E-state index is -0.625. The van der Waals surface area contributed by atoms with Gasteiger partial charge in [0, 0.05) is 55.9 Å². The van der Waals surface area contributed by atoms with E-state index in [1.165, 1.54) is 18.5 Å². The van der Waals surface area contributed by atoms with Gasteiger partial charge in [0.05, 0.1) is 11.0 Å². The van der Waals surface area contributed by atoms with Gasteiger partial charge in [0.1, 0.15) is 23.6 Å². The predicted molar refractivity (Wildman–Crippen MR) is 130 cm³/mol. The highest BCUT2D eigenvalue weighted by molar-refractivity contribution is 5.94. The number of likely N-dealkylation sites (tertiary alicyclic amines) is 1. The number of aromatic nitrogens is 4. The minimum Gasteiger partial charge on any atom is -0.357 e.